The predicted molar refractivity (Wildman–Crippen MR) is 91.6 cm³/mol. The number of amides is 2. The first kappa shape index (κ1) is 15.1. The Balaban J connectivity index is 1.68. The number of nitrogens with one attached hydrogen (secondary N) is 3. The molecule has 0 saturated carbocycles. The van der Waals surface area contributed by atoms with Gasteiger partial charge in [0.25, 0.3) is 0 Å². The fourth-order valence-electron chi connectivity index (χ4n) is 2.09. The highest BCUT2D eigenvalue weighted by Gasteiger charge is 2.14. The van der Waals surface area contributed by atoms with E-state index in [-0.39, 0.29) is 0 Å². The summed E-state index contributed by atoms with van der Waals surface area (Å²) in [6.45, 7) is 0. The van der Waals surface area contributed by atoms with Crippen molar-refractivity contribution >= 4 is 46.0 Å². The maximum absolute atomic E-state index is 12.0. The number of aromatic nitrogens is 2. The molecule has 7 heteroatoms. The van der Waals surface area contributed by atoms with E-state index < -0.39 is 11.8 Å². The number of hydrogen-bond donors (Lipinski definition) is 3. The summed E-state index contributed by atoms with van der Waals surface area (Å²) in [6, 6.07) is 12.5. The van der Waals surface area contributed by atoms with Crippen LogP contribution in [0.5, 0.6) is 0 Å². The van der Waals surface area contributed by atoms with Gasteiger partial charge in [-0.1, -0.05) is 6.07 Å². The van der Waals surface area contributed by atoms with Crippen LogP contribution in [0.25, 0.3) is 11.0 Å². The smallest absolute Gasteiger partial charge is 0.314 e. The lowest BCUT2D eigenvalue weighted by molar-refractivity contribution is -0.132. The number of H-pyrrole nitrogens is 1. The lowest BCUT2D eigenvalue weighted by atomic mass is 10.2. The maximum Gasteiger partial charge on any atom is 0.314 e. The quantitative estimate of drug-likeness (QED) is 0.510. The van der Waals surface area contributed by atoms with Crippen molar-refractivity contribution in [1.82, 2.24) is 9.97 Å². The van der Waals surface area contributed by atoms with Crippen molar-refractivity contribution in [2.24, 2.45) is 0 Å². The van der Waals surface area contributed by atoms with Crippen LogP contribution in [0.4, 0.5) is 11.4 Å². The molecule has 0 aliphatic rings. The van der Waals surface area contributed by atoms with Crippen molar-refractivity contribution in [2.75, 3.05) is 16.9 Å². The monoisotopic (exact) mass is 326 g/mol. The fraction of sp³-hybridized carbons (Fsp3) is 0.0625. The van der Waals surface area contributed by atoms with Gasteiger partial charge < -0.3 is 15.6 Å². The molecule has 0 radical (unpaired) electrons. The largest absolute Gasteiger partial charge is 0.345 e. The van der Waals surface area contributed by atoms with Crippen LogP contribution in [0.2, 0.25) is 0 Å². The zero-order valence-corrected chi connectivity index (χ0v) is 13.1. The van der Waals surface area contributed by atoms with E-state index in [4.69, 9.17) is 0 Å². The number of hydrogen-bond acceptors (Lipinski definition) is 4. The van der Waals surface area contributed by atoms with Crippen LogP contribution in [-0.4, -0.2) is 28.0 Å². The Morgan fingerprint density at radius 2 is 1.78 bits per heavy atom. The molecule has 116 valence electrons. The van der Waals surface area contributed by atoms with Crippen LogP contribution in [-0.2, 0) is 9.59 Å². The molecule has 1 aromatic heterocycles. The molecule has 1 heterocycles. The van der Waals surface area contributed by atoms with Crippen LogP contribution < -0.4 is 10.6 Å². The zero-order valence-electron chi connectivity index (χ0n) is 12.3. The summed E-state index contributed by atoms with van der Waals surface area (Å²) in [7, 11) is 0. The molecule has 0 bridgehead atoms. The molecule has 0 unspecified atom stereocenters. The van der Waals surface area contributed by atoms with E-state index in [0.717, 1.165) is 15.9 Å². The number of carbonyl (C=O) groups excluding carboxylic acids is 2. The zero-order chi connectivity index (χ0) is 16.2. The highest BCUT2D eigenvalue weighted by molar-refractivity contribution is 7.98. The second kappa shape index (κ2) is 6.53. The molecular weight excluding hydrogens is 312 g/mol. The van der Waals surface area contributed by atoms with Gasteiger partial charge in [0.05, 0.1) is 17.4 Å². The third-order valence-corrected chi connectivity index (χ3v) is 3.94. The van der Waals surface area contributed by atoms with Crippen molar-refractivity contribution in [3.63, 3.8) is 0 Å². The van der Waals surface area contributed by atoms with E-state index >= 15 is 0 Å². The van der Waals surface area contributed by atoms with Gasteiger partial charge in [0.15, 0.2) is 0 Å². The minimum absolute atomic E-state index is 0.528. The molecule has 2 aromatic carbocycles. The molecule has 0 spiro atoms. The Labute approximate surface area is 136 Å². The molecule has 0 atom stereocenters. The number of fused-ring (bicyclic) bond motifs is 1. The number of anilines is 2. The van der Waals surface area contributed by atoms with Crippen LogP contribution in [0.1, 0.15) is 0 Å². The molecule has 6 nitrogen and oxygen atoms in total. The van der Waals surface area contributed by atoms with Crippen molar-refractivity contribution in [3.05, 3.63) is 48.8 Å². The van der Waals surface area contributed by atoms with E-state index in [1.54, 1.807) is 42.4 Å². The third-order valence-electron chi connectivity index (χ3n) is 3.21. The number of benzene rings is 2. The van der Waals surface area contributed by atoms with Gasteiger partial charge in [-0.15, -0.1) is 11.8 Å². The second-order valence-corrected chi connectivity index (χ2v) is 5.65. The van der Waals surface area contributed by atoms with Gasteiger partial charge in [-0.3, -0.25) is 9.59 Å². The van der Waals surface area contributed by atoms with Gasteiger partial charge in [-0.2, -0.15) is 0 Å². The maximum atomic E-state index is 12.0. The fourth-order valence-corrected chi connectivity index (χ4v) is 2.55. The number of thioether (sulfide) groups is 1. The van der Waals surface area contributed by atoms with Gasteiger partial charge in [0, 0.05) is 16.3 Å². The average molecular weight is 326 g/mol. The summed E-state index contributed by atoms with van der Waals surface area (Å²) in [5.74, 6) is -1.44. The normalized spacial score (nSPS) is 10.5. The van der Waals surface area contributed by atoms with Gasteiger partial charge in [-0.05, 0) is 42.7 Å². The molecule has 3 N–H and O–H groups in total. The first-order chi connectivity index (χ1) is 11.2. The van der Waals surface area contributed by atoms with Crippen molar-refractivity contribution in [3.8, 4) is 0 Å². The molecule has 0 fully saturated rings. The Bertz CT molecular complexity index is 875. The lowest BCUT2D eigenvalue weighted by Gasteiger charge is -2.07. The van der Waals surface area contributed by atoms with E-state index in [1.807, 2.05) is 24.5 Å². The van der Waals surface area contributed by atoms with Crippen molar-refractivity contribution in [2.45, 2.75) is 4.90 Å². The molecule has 0 saturated heterocycles. The van der Waals surface area contributed by atoms with Gasteiger partial charge >= 0.3 is 11.8 Å². The minimum Gasteiger partial charge on any atom is -0.345 e. The van der Waals surface area contributed by atoms with Gasteiger partial charge in [-0.25, -0.2) is 4.98 Å². The Kier molecular flexibility index (Phi) is 4.29. The molecule has 2 amide bonds. The van der Waals surface area contributed by atoms with Gasteiger partial charge in [0.1, 0.15) is 0 Å². The number of rotatable bonds is 3. The molecule has 0 aliphatic heterocycles. The summed E-state index contributed by atoms with van der Waals surface area (Å²) in [6.07, 6.45) is 3.51. The number of carbonyl (C=O) groups is 2. The Morgan fingerprint density at radius 3 is 2.52 bits per heavy atom. The van der Waals surface area contributed by atoms with E-state index in [1.165, 1.54) is 0 Å². The SMILES string of the molecule is CSc1cccc(NC(=O)C(=O)Nc2ccc3nc[nH]c3c2)c1. The topological polar surface area (TPSA) is 86.9 Å². The molecule has 23 heavy (non-hydrogen) atoms. The summed E-state index contributed by atoms with van der Waals surface area (Å²) in [5.41, 5.74) is 2.69. The number of nitrogens with zero attached hydrogens (tertiary/aromatic N) is 1. The van der Waals surface area contributed by atoms with Crippen molar-refractivity contribution in [1.29, 1.82) is 0 Å². The first-order valence-electron chi connectivity index (χ1n) is 6.85. The van der Waals surface area contributed by atoms with Crippen LogP contribution in [0, 0.1) is 0 Å². The summed E-state index contributed by atoms with van der Waals surface area (Å²) < 4.78 is 0. The highest BCUT2D eigenvalue weighted by Crippen LogP contribution is 2.19. The minimum atomic E-state index is -0.724. The molecular formula is C16H14N4O2S. The lowest BCUT2D eigenvalue weighted by Crippen LogP contribution is -2.29. The standard InChI is InChI=1S/C16H14N4O2S/c1-23-12-4-2-3-10(7-12)19-15(21)16(22)20-11-5-6-13-14(8-11)18-9-17-13/h2-9H,1H3,(H,17,18)(H,19,21)(H,20,22). The number of imidazole rings is 1. The summed E-state index contributed by atoms with van der Waals surface area (Å²) in [5, 5.41) is 5.15. The Morgan fingerprint density at radius 1 is 1.04 bits per heavy atom. The molecule has 0 aliphatic carbocycles. The van der Waals surface area contributed by atoms with E-state index in [0.29, 0.717) is 11.4 Å². The van der Waals surface area contributed by atoms with Gasteiger partial charge in [0.2, 0.25) is 0 Å². The predicted octanol–water partition coefficient (Wildman–Crippen LogP) is 2.86. The Hall–Kier alpha value is -2.80. The van der Waals surface area contributed by atoms with Crippen LogP contribution in [0.3, 0.4) is 0 Å². The molecule has 3 aromatic rings. The number of aromatic amines is 1. The van der Waals surface area contributed by atoms with E-state index in [9.17, 15) is 9.59 Å². The third kappa shape index (κ3) is 3.51. The second-order valence-electron chi connectivity index (χ2n) is 4.77. The van der Waals surface area contributed by atoms with Crippen LogP contribution >= 0.6 is 11.8 Å². The summed E-state index contributed by atoms with van der Waals surface area (Å²) >= 11 is 1.56. The average Bonchev–Trinajstić information content (AvgIpc) is 3.02. The van der Waals surface area contributed by atoms with E-state index in [2.05, 4.69) is 20.6 Å². The molecule has 3 rings (SSSR count). The van der Waals surface area contributed by atoms with Crippen LogP contribution in [0.15, 0.2) is 53.7 Å². The summed E-state index contributed by atoms with van der Waals surface area (Å²) in [4.78, 5) is 32.0. The van der Waals surface area contributed by atoms with Crippen molar-refractivity contribution < 1.29 is 9.59 Å². The highest BCUT2D eigenvalue weighted by atomic mass is 32.2. The first-order valence-corrected chi connectivity index (χ1v) is 8.08.